The standard InChI is InChI=1S/C19H23N5O/c1-5-24-14(4)17(13(3)23-24)12(2)22-19(25)16-9-7-6-8-15(16)18-20-10-11-21-18/h6-12H,5H2,1-4H3,(H,20,21)(H,22,25)/t12-/m0/s1. The number of amides is 1. The summed E-state index contributed by atoms with van der Waals surface area (Å²) >= 11 is 0. The minimum atomic E-state index is -0.127. The molecule has 0 fully saturated rings. The third-order valence-corrected chi connectivity index (χ3v) is 4.44. The highest BCUT2D eigenvalue weighted by atomic mass is 16.1. The summed E-state index contributed by atoms with van der Waals surface area (Å²) in [6.45, 7) is 8.89. The van der Waals surface area contributed by atoms with Crippen LogP contribution in [0.3, 0.4) is 0 Å². The first-order valence-corrected chi connectivity index (χ1v) is 8.46. The van der Waals surface area contributed by atoms with Crippen molar-refractivity contribution in [3.63, 3.8) is 0 Å². The Morgan fingerprint density at radius 1 is 1.32 bits per heavy atom. The molecule has 6 nitrogen and oxygen atoms in total. The Labute approximate surface area is 147 Å². The average molecular weight is 337 g/mol. The zero-order valence-electron chi connectivity index (χ0n) is 15.0. The quantitative estimate of drug-likeness (QED) is 0.749. The van der Waals surface area contributed by atoms with E-state index in [1.165, 1.54) is 0 Å². The summed E-state index contributed by atoms with van der Waals surface area (Å²) in [5.74, 6) is 0.562. The number of nitrogens with one attached hydrogen (secondary N) is 2. The van der Waals surface area contributed by atoms with Gasteiger partial charge in [-0.2, -0.15) is 5.10 Å². The Balaban J connectivity index is 1.88. The Morgan fingerprint density at radius 2 is 2.08 bits per heavy atom. The molecular weight excluding hydrogens is 314 g/mol. The van der Waals surface area contributed by atoms with Crippen LogP contribution in [0.5, 0.6) is 0 Å². The third kappa shape index (κ3) is 3.20. The number of carbonyl (C=O) groups excluding carboxylic acids is 1. The summed E-state index contributed by atoms with van der Waals surface area (Å²) in [4.78, 5) is 20.2. The Kier molecular flexibility index (Phi) is 4.70. The fraction of sp³-hybridized carbons (Fsp3) is 0.316. The van der Waals surface area contributed by atoms with Crippen molar-refractivity contribution in [3.8, 4) is 11.4 Å². The minimum absolute atomic E-state index is 0.123. The molecule has 0 radical (unpaired) electrons. The lowest BCUT2D eigenvalue weighted by Crippen LogP contribution is -2.28. The first-order valence-electron chi connectivity index (χ1n) is 8.46. The molecule has 130 valence electrons. The van der Waals surface area contributed by atoms with E-state index < -0.39 is 0 Å². The topological polar surface area (TPSA) is 75.6 Å². The molecule has 0 saturated carbocycles. The monoisotopic (exact) mass is 337 g/mol. The second kappa shape index (κ2) is 6.93. The van der Waals surface area contributed by atoms with E-state index in [1.807, 2.05) is 49.7 Å². The summed E-state index contributed by atoms with van der Waals surface area (Å²) in [7, 11) is 0. The molecular formula is C19H23N5O. The lowest BCUT2D eigenvalue weighted by molar-refractivity contribution is 0.0940. The lowest BCUT2D eigenvalue weighted by Gasteiger charge is -2.16. The summed E-state index contributed by atoms with van der Waals surface area (Å²) in [6.07, 6.45) is 3.43. The van der Waals surface area contributed by atoms with E-state index in [0.29, 0.717) is 11.4 Å². The van der Waals surface area contributed by atoms with Gasteiger partial charge < -0.3 is 10.3 Å². The zero-order chi connectivity index (χ0) is 18.0. The molecule has 0 bridgehead atoms. The van der Waals surface area contributed by atoms with E-state index in [2.05, 4.69) is 27.3 Å². The minimum Gasteiger partial charge on any atom is -0.345 e. The average Bonchev–Trinajstić information content (AvgIpc) is 3.22. The first kappa shape index (κ1) is 17.0. The van der Waals surface area contributed by atoms with Gasteiger partial charge in [0.05, 0.1) is 17.3 Å². The van der Waals surface area contributed by atoms with Crippen molar-refractivity contribution < 1.29 is 4.79 Å². The van der Waals surface area contributed by atoms with Gasteiger partial charge in [0.25, 0.3) is 5.91 Å². The molecule has 0 unspecified atom stereocenters. The highest BCUT2D eigenvalue weighted by Crippen LogP contribution is 2.24. The molecule has 2 heterocycles. The number of aromatic nitrogens is 4. The molecule has 0 aliphatic heterocycles. The summed E-state index contributed by atoms with van der Waals surface area (Å²) in [6, 6.07) is 7.34. The van der Waals surface area contributed by atoms with Crippen LogP contribution >= 0.6 is 0 Å². The van der Waals surface area contributed by atoms with Crippen LogP contribution in [0.1, 0.15) is 47.2 Å². The number of hydrogen-bond donors (Lipinski definition) is 2. The van der Waals surface area contributed by atoms with Gasteiger partial charge in [-0.05, 0) is 33.8 Å². The van der Waals surface area contributed by atoms with Crippen LogP contribution < -0.4 is 5.32 Å². The smallest absolute Gasteiger partial charge is 0.252 e. The van der Waals surface area contributed by atoms with Crippen LogP contribution in [0, 0.1) is 13.8 Å². The van der Waals surface area contributed by atoms with Crippen molar-refractivity contribution in [1.29, 1.82) is 0 Å². The molecule has 0 aliphatic rings. The van der Waals surface area contributed by atoms with Crippen LogP contribution in [0.15, 0.2) is 36.7 Å². The molecule has 0 saturated heterocycles. The number of nitrogens with zero attached hydrogens (tertiary/aromatic N) is 3. The number of carbonyl (C=O) groups is 1. The maximum absolute atomic E-state index is 12.9. The molecule has 3 aromatic rings. The van der Waals surface area contributed by atoms with Gasteiger partial charge in [-0.1, -0.05) is 18.2 Å². The van der Waals surface area contributed by atoms with Crippen LogP contribution in [0.4, 0.5) is 0 Å². The Bertz CT molecular complexity index is 879. The molecule has 3 rings (SSSR count). The number of imidazole rings is 1. The highest BCUT2D eigenvalue weighted by Gasteiger charge is 2.21. The molecule has 6 heteroatoms. The van der Waals surface area contributed by atoms with Gasteiger partial charge >= 0.3 is 0 Å². The molecule has 2 N–H and O–H groups in total. The number of rotatable bonds is 5. The van der Waals surface area contributed by atoms with Gasteiger partial charge in [-0.15, -0.1) is 0 Å². The molecule has 25 heavy (non-hydrogen) atoms. The summed E-state index contributed by atoms with van der Waals surface area (Å²) in [5, 5.41) is 7.64. The predicted molar refractivity (Wildman–Crippen MR) is 97.3 cm³/mol. The van der Waals surface area contributed by atoms with Crippen LogP contribution in [-0.2, 0) is 6.54 Å². The van der Waals surface area contributed by atoms with Gasteiger partial charge in [0.1, 0.15) is 5.82 Å². The maximum atomic E-state index is 12.9. The fourth-order valence-electron chi connectivity index (χ4n) is 3.29. The number of H-pyrrole nitrogens is 1. The van der Waals surface area contributed by atoms with Crippen molar-refractivity contribution in [2.75, 3.05) is 0 Å². The fourth-order valence-corrected chi connectivity index (χ4v) is 3.29. The summed E-state index contributed by atoms with van der Waals surface area (Å²) < 4.78 is 1.96. The van der Waals surface area contributed by atoms with E-state index in [0.717, 1.165) is 29.1 Å². The molecule has 0 spiro atoms. The highest BCUT2D eigenvalue weighted by molar-refractivity contribution is 6.00. The van der Waals surface area contributed by atoms with Gasteiger partial charge in [0, 0.05) is 35.8 Å². The van der Waals surface area contributed by atoms with E-state index in [9.17, 15) is 4.79 Å². The Hall–Kier alpha value is -2.89. The van der Waals surface area contributed by atoms with Crippen LogP contribution in [0.25, 0.3) is 11.4 Å². The maximum Gasteiger partial charge on any atom is 0.252 e. The lowest BCUT2D eigenvalue weighted by atomic mass is 10.0. The second-order valence-electron chi connectivity index (χ2n) is 6.08. The van der Waals surface area contributed by atoms with Gasteiger partial charge in [0.15, 0.2) is 0 Å². The third-order valence-electron chi connectivity index (χ3n) is 4.44. The zero-order valence-corrected chi connectivity index (χ0v) is 15.0. The van der Waals surface area contributed by atoms with E-state index >= 15 is 0 Å². The van der Waals surface area contributed by atoms with Crippen molar-refractivity contribution in [2.24, 2.45) is 0 Å². The predicted octanol–water partition coefficient (Wildman–Crippen LogP) is 3.40. The van der Waals surface area contributed by atoms with E-state index in [4.69, 9.17) is 0 Å². The molecule has 1 atom stereocenters. The largest absolute Gasteiger partial charge is 0.345 e. The summed E-state index contributed by atoms with van der Waals surface area (Å²) in [5.41, 5.74) is 4.50. The molecule has 2 aromatic heterocycles. The molecule has 0 aliphatic carbocycles. The van der Waals surface area contributed by atoms with E-state index in [-0.39, 0.29) is 11.9 Å². The van der Waals surface area contributed by atoms with Crippen molar-refractivity contribution >= 4 is 5.91 Å². The molecule has 1 amide bonds. The number of aryl methyl sites for hydroxylation is 2. The van der Waals surface area contributed by atoms with Crippen LogP contribution in [-0.4, -0.2) is 25.7 Å². The van der Waals surface area contributed by atoms with Gasteiger partial charge in [-0.25, -0.2) is 4.98 Å². The number of benzene rings is 1. The number of aromatic amines is 1. The Morgan fingerprint density at radius 3 is 2.72 bits per heavy atom. The van der Waals surface area contributed by atoms with Gasteiger partial charge in [-0.3, -0.25) is 9.48 Å². The van der Waals surface area contributed by atoms with Crippen molar-refractivity contribution in [1.82, 2.24) is 25.1 Å². The first-order chi connectivity index (χ1) is 12.0. The molecule has 1 aromatic carbocycles. The van der Waals surface area contributed by atoms with Crippen LogP contribution in [0.2, 0.25) is 0 Å². The number of hydrogen-bond acceptors (Lipinski definition) is 3. The second-order valence-corrected chi connectivity index (χ2v) is 6.08. The van der Waals surface area contributed by atoms with Gasteiger partial charge in [0.2, 0.25) is 0 Å². The van der Waals surface area contributed by atoms with E-state index in [1.54, 1.807) is 12.4 Å². The SMILES string of the molecule is CCn1nc(C)c([C@H](C)NC(=O)c2ccccc2-c2ncc[nH]2)c1C. The van der Waals surface area contributed by atoms with Crippen molar-refractivity contribution in [2.45, 2.75) is 40.3 Å². The normalized spacial score (nSPS) is 12.2. The van der Waals surface area contributed by atoms with Crippen molar-refractivity contribution in [3.05, 3.63) is 59.2 Å².